The Hall–Kier alpha value is -2.45. The van der Waals surface area contributed by atoms with Crippen LogP contribution in [0, 0.1) is 0 Å². The molecule has 1 aromatic carbocycles. The Kier molecular flexibility index (Phi) is 6.62. The molecule has 3 aliphatic heterocycles. The minimum atomic E-state index is -0.594. The number of hydrogen-bond acceptors (Lipinski definition) is 6. The fourth-order valence-corrected chi connectivity index (χ4v) is 5.99. The van der Waals surface area contributed by atoms with Crippen LogP contribution in [0.15, 0.2) is 18.2 Å². The van der Waals surface area contributed by atoms with E-state index in [1.54, 1.807) is 4.90 Å². The summed E-state index contributed by atoms with van der Waals surface area (Å²) in [6.07, 6.45) is 6.88. The molecule has 34 heavy (non-hydrogen) atoms. The fraction of sp³-hybridized carbons (Fsp3) is 0.654. The number of benzene rings is 1. The number of ether oxygens (including phenoxy) is 2. The van der Waals surface area contributed by atoms with Crippen molar-refractivity contribution in [1.82, 2.24) is 15.1 Å². The van der Waals surface area contributed by atoms with Crippen LogP contribution >= 0.6 is 0 Å². The SMILES string of the molecule is CC(C)OC1CCN(C2CCCC2Oc2ccc3c(c2)CN(C2CCC(=O)NC2=O)C3=O)CC1. The zero-order valence-electron chi connectivity index (χ0n) is 20.1. The molecule has 3 heterocycles. The van der Waals surface area contributed by atoms with E-state index in [0.717, 1.165) is 56.5 Å². The highest BCUT2D eigenvalue weighted by Crippen LogP contribution is 2.34. The molecule has 8 heteroatoms. The van der Waals surface area contributed by atoms with Gasteiger partial charge in [-0.05, 0) is 76.1 Å². The Morgan fingerprint density at radius 2 is 1.82 bits per heavy atom. The van der Waals surface area contributed by atoms with Crippen LogP contribution in [0.1, 0.15) is 74.7 Å². The van der Waals surface area contributed by atoms with E-state index in [-0.39, 0.29) is 36.4 Å². The smallest absolute Gasteiger partial charge is 0.255 e. The molecule has 8 nitrogen and oxygen atoms in total. The number of hydrogen-bond donors (Lipinski definition) is 1. The van der Waals surface area contributed by atoms with E-state index in [2.05, 4.69) is 24.1 Å². The highest BCUT2D eigenvalue weighted by molar-refractivity contribution is 6.05. The predicted molar refractivity (Wildman–Crippen MR) is 125 cm³/mol. The summed E-state index contributed by atoms with van der Waals surface area (Å²) >= 11 is 0. The van der Waals surface area contributed by atoms with E-state index in [1.165, 1.54) is 0 Å². The summed E-state index contributed by atoms with van der Waals surface area (Å²) in [4.78, 5) is 40.8. The molecule has 3 amide bonds. The van der Waals surface area contributed by atoms with Crippen molar-refractivity contribution in [3.8, 4) is 5.75 Å². The fourth-order valence-electron chi connectivity index (χ4n) is 5.99. The third kappa shape index (κ3) is 4.70. The molecule has 184 valence electrons. The lowest BCUT2D eigenvalue weighted by atomic mass is 10.0. The second-order valence-corrected chi connectivity index (χ2v) is 10.3. The summed E-state index contributed by atoms with van der Waals surface area (Å²) in [6.45, 7) is 6.65. The van der Waals surface area contributed by atoms with Crippen molar-refractivity contribution < 1.29 is 23.9 Å². The molecule has 3 atom stereocenters. The molecular formula is C26H35N3O5. The number of piperidine rings is 2. The number of carbonyl (C=O) groups is 3. The van der Waals surface area contributed by atoms with Crippen LogP contribution in [0.2, 0.25) is 0 Å². The summed E-state index contributed by atoms with van der Waals surface area (Å²) in [7, 11) is 0. The van der Waals surface area contributed by atoms with Gasteiger partial charge in [-0.3, -0.25) is 24.6 Å². The van der Waals surface area contributed by atoms with E-state index in [0.29, 0.717) is 30.7 Å². The molecule has 0 spiro atoms. The minimum absolute atomic E-state index is 0.143. The number of rotatable bonds is 6. The number of likely N-dealkylation sites (tertiary alicyclic amines) is 1. The van der Waals surface area contributed by atoms with E-state index < -0.39 is 6.04 Å². The maximum absolute atomic E-state index is 12.9. The van der Waals surface area contributed by atoms with Crippen LogP contribution in [-0.4, -0.2) is 71.0 Å². The van der Waals surface area contributed by atoms with E-state index in [1.807, 2.05) is 18.2 Å². The van der Waals surface area contributed by atoms with Gasteiger partial charge in [-0.1, -0.05) is 0 Å². The second-order valence-electron chi connectivity index (χ2n) is 10.3. The minimum Gasteiger partial charge on any atom is -0.489 e. The molecule has 5 rings (SSSR count). The third-order valence-corrected chi connectivity index (χ3v) is 7.61. The third-order valence-electron chi connectivity index (χ3n) is 7.61. The van der Waals surface area contributed by atoms with Crippen LogP contribution in [0.25, 0.3) is 0 Å². The van der Waals surface area contributed by atoms with Gasteiger partial charge in [0.2, 0.25) is 11.8 Å². The Morgan fingerprint density at radius 3 is 2.56 bits per heavy atom. The molecule has 3 unspecified atom stereocenters. The van der Waals surface area contributed by atoms with Gasteiger partial charge >= 0.3 is 0 Å². The monoisotopic (exact) mass is 469 g/mol. The maximum Gasteiger partial charge on any atom is 0.255 e. The Morgan fingerprint density at radius 1 is 1.03 bits per heavy atom. The number of imide groups is 1. The molecule has 0 aromatic heterocycles. The molecule has 4 aliphatic rings. The normalized spacial score (nSPS) is 28.5. The van der Waals surface area contributed by atoms with Gasteiger partial charge in [0.05, 0.1) is 12.2 Å². The highest BCUT2D eigenvalue weighted by Gasteiger charge is 2.40. The predicted octanol–water partition coefficient (Wildman–Crippen LogP) is 2.64. The molecule has 1 aliphatic carbocycles. The van der Waals surface area contributed by atoms with Crippen LogP contribution in [0.5, 0.6) is 5.75 Å². The first-order valence-corrected chi connectivity index (χ1v) is 12.7. The largest absolute Gasteiger partial charge is 0.489 e. The first kappa shape index (κ1) is 23.3. The van der Waals surface area contributed by atoms with Crippen molar-refractivity contribution in [2.45, 2.75) is 95.7 Å². The van der Waals surface area contributed by atoms with Crippen molar-refractivity contribution in [1.29, 1.82) is 0 Å². The molecule has 1 aromatic rings. The summed E-state index contributed by atoms with van der Waals surface area (Å²) in [5.74, 6) is -0.0259. The molecular weight excluding hydrogens is 434 g/mol. The first-order chi connectivity index (χ1) is 16.4. The summed E-state index contributed by atoms with van der Waals surface area (Å²) in [5.41, 5.74) is 1.50. The van der Waals surface area contributed by atoms with Gasteiger partial charge in [-0.15, -0.1) is 0 Å². The lowest BCUT2D eigenvalue weighted by molar-refractivity contribution is -0.136. The second kappa shape index (κ2) is 9.66. The van der Waals surface area contributed by atoms with E-state index in [4.69, 9.17) is 9.47 Å². The Balaban J connectivity index is 1.22. The van der Waals surface area contributed by atoms with Gasteiger partial charge in [0.25, 0.3) is 5.91 Å². The topological polar surface area (TPSA) is 88.2 Å². The summed E-state index contributed by atoms with van der Waals surface area (Å²) < 4.78 is 12.5. The number of fused-ring (bicyclic) bond motifs is 1. The average Bonchev–Trinajstić information content (AvgIpc) is 3.38. The summed E-state index contributed by atoms with van der Waals surface area (Å²) in [5, 5.41) is 2.35. The number of carbonyl (C=O) groups excluding carboxylic acids is 3. The Bertz CT molecular complexity index is 956. The first-order valence-electron chi connectivity index (χ1n) is 12.7. The zero-order valence-corrected chi connectivity index (χ0v) is 20.1. The van der Waals surface area contributed by atoms with Crippen LogP contribution in [0.3, 0.4) is 0 Å². The van der Waals surface area contributed by atoms with Gasteiger partial charge in [0.15, 0.2) is 0 Å². The summed E-state index contributed by atoms with van der Waals surface area (Å²) in [6, 6.07) is 5.47. The van der Waals surface area contributed by atoms with E-state index >= 15 is 0 Å². The van der Waals surface area contributed by atoms with Crippen molar-refractivity contribution in [2.75, 3.05) is 13.1 Å². The van der Waals surface area contributed by atoms with Crippen molar-refractivity contribution in [3.05, 3.63) is 29.3 Å². The van der Waals surface area contributed by atoms with Crippen LogP contribution < -0.4 is 10.1 Å². The number of nitrogens with one attached hydrogen (secondary N) is 1. The lowest BCUT2D eigenvalue weighted by Gasteiger charge is -2.38. The van der Waals surface area contributed by atoms with Gasteiger partial charge in [0, 0.05) is 37.7 Å². The lowest BCUT2D eigenvalue weighted by Crippen LogP contribution is -2.52. The quantitative estimate of drug-likeness (QED) is 0.645. The standard InChI is InChI=1S/C26H35N3O5/c1-16(2)33-18-10-12-28(13-11-18)21-4-3-5-23(21)34-19-6-7-20-17(14-19)15-29(26(20)32)22-8-9-24(30)27-25(22)31/h6-7,14,16,18,21-23H,3-5,8-13,15H2,1-2H3,(H,27,30,31). The van der Waals surface area contributed by atoms with Crippen LogP contribution in [-0.2, 0) is 20.9 Å². The van der Waals surface area contributed by atoms with Gasteiger partial charge in [0.1, 0.15) is 17.9 Å². The Labute approximate surface area is 200 Å². The number of nitrogens with zero attached hydrogens (tertiary/aromatic N) is 2. The molecule has 1 saturated carbocycles. The van der Waals surface area contributed by atoms with Crippen molar-refractivity contribution in [2.24, 2.45) is 0 Å². The van der Waals surface area contributed by atoms with Crippen molar-refractivity contribution in [3.63, 3.8) is 0 Å². The van der Waals surface area contributed by atoms with E-state index in [9.17, 15) is 14.4 Å². The zero-order chi connectivity index (χ0) is 23.8. The van der Waals surface area contributed by atoms with Gasteiger partial charge < -0.3 is 14.4 Å². The molecule has 0 bridgehead atoms. The molecule has 1 N–H and O–H groups in total. The highest BCUT2D eigenvalue weighted by atomic mass is 16.5. The molecule has 2 saturated heterocycles. The van der Waals surface area contributed by atoms with Crippen LogP contribution in [0.4, 0.5) is 0 Å². The average molecular weight is 470 g/mol. The maximum atomic E-state index is 12.9. The number of amides is 3. The van der Waals surface area contributed by atoms with Crippen molar-refractivity contribution >= 4 is 17.7 Å². The van der Waals surface area contributed by atoms with Gasteiger partial charge in [-0.2, -0.15) is 0 Å². The molecule has 3 fully saturated rings. The van der Waals surface area contributed by atoms with Gasteiger partial charge in [-0.25, -0.2) is 0 Å². The molecule has 0 radical (unpaired) electrons.